The summed E-state index contributed by atoms with van der Waals surface area (Å²) >= 11 is 0. The largest absolute Gasteiger partial charge is 0.465 e. The van der Waals surface area contributed by atoms with E-state index in [1.807, 2.05) is 6.92 Å². The smallest absolute Gasteiger partial charge is 0.337 e. The van der Waals surface area contributed by atoms with Crippen LogP contribution in [-0.2, 0) is 25.4 Å². The van der Waals surface area contributed by atoms with Crippen molar-refractivity contribution >= 4 is 23.6 Å². The second-order valence-electron chi connectivity index (χ2n) is 6.88. The Labute approximate surface area is 174 Å². The Kier molecular flexibility index (Phi) is 7.80. The van der Waals surface area contributed by atoms with Gasteiger partial charge in [0.25, 0.3) is 0 Å². The minimum absolute atomic E-state index is 0.0326. The van der Waals surface area contributed by atoms with Crippen LogP contribution < -0.4 is 0 Å². The van der Waals surface area contributed by atoms with Gasteiger partial charge in [-0.15, -0.1) is 0 Å². The third kappa shape index (κ3) is 6.51. The van der Waals surface area contributed by atoms with Crippen molar-refractivity contribution in [1.82, 2.24) is 0 Å². The Bertz CT molecular complexity index is 922. The number of esters is 3. The highest BCUT2D eigenvalue weighted by molar-refractivity contribution is 5.89. The molecule has 0 aliphatic rings. The molecule has 0 N–H and O–H groups in total. The summed E-state index contributed by atoms with van der Waals surface area (Å²) in [6.45, 7) is 3.18. The first-order valence-corrected chi connectivity index (χ1v) is 9.18. The average molecular weight is 412 g/mol. The molecule has 30 heavy (non-hydrogen) atoms. The van der Waals surface area contributed by atoms with Crippen LogP contribution in [-0.4, -0.2) is 44.3 Å². The van der Waals surface area contributed by atoms with Crippen molar-refractivity contribution in [1.29, 1.82) is 0 Å². The molecule has 0 saturated carbocycles. The number of azo groups is 1. The van der Waals surface area contributed by atoms with Crippen LogP contribution in [0.1, 0.15) is 40.1 Å². The predicted octanol–water partition coefficient (Wildman–Crippen LogP) is 3.91. The monoisotopic (exact) mass is 412 g/mol. The van der Waals surface area contributed by atoms with Crippen molar-refractivity contribution in [2.45, 2.75) is 25.8 Å². The van der Waals surface area contributed by atoms with Crippen LogP contribution in [0.3, 0.4) is 0 Å². The first-order chi connectivity index (χ1) is 14.3. The number of rotatable bonds is 8. The first-order valence-electron chi connectivity index (χ1n) is 9.18. The van der Waals surface area contributed by atoms with Crippen LogP contribution in [0.25, 0.3) is 0 Å². The fourth-order valence-electron chi connectivity index (χ4n) is 2.65. The van der Waals surface area contributed by atoms with E-state index in [0.717, 1.165) is 5.56 Å². The molecule has 0 bridgehead atoms. The molecule has 8 nitrogen and oxygen atoms in total. The molecule has 2 rings (SSSR count). The van der Waals surface area contributed by atoms with E-state index < -0.39 is 23.4 Å². The Hall–Kier alpha value is -3.55. The number of hydrogen-bond donors (Lipinski definition) is 0. The third-order valence-electron chi connectivity index (χ3n) is 4.24. The number of hydrogen-bond acceptors (Lipinski definition) is 8. The molecule has 158 valence electrons. The lowest BCUT2D eigenvalue weighted by Crippen LogP contribution is -2.32. The predicted molar refractivity (Wildman–Crippen MR) is 109 cm³/mol. The van der Waals surface area contributed by atoms with Crippen molar-refractivity contribution in [3.05, 3.63) is 65.2 Å². The summed E-state index contributed by atoms with van der Waals surface area (Å²) in [6.07, 6.45) is 0.422. The summed E-state index contributed by atoms with van der Waals surface area (Å²) in [5.74, 6) is -1.27. The first kappa shape index (κ1) is 22.7. The zero-order valence-corrected chi connectivity index (χ0v) is 17.4. The standard InChI is InChI=1S/C22H24N2O6/c1-15(25)30-14-22(2,13-16-5-7-17(8-6-16)20(26)28-3)24-23-19-11-9-18(10-12-19)21(27)29-4/h5-12H,13-14H2,1-4H3. The minimum Gasteiger partial charge on any atom is -0.465 e. The fraction of sp³-hybridized carbons (Fsp3) is 0.318. The van der Waals surface area contributed by atoms with Crippen molar-refractivity contribution in [2.24, 2.45) is 10.2 Å². The highest BCUT2D eigenvalue weighted by Crippen LogP contribution is 2.23. The van der Waals surface area contributed by atoms with E-state index in [-0.39, 0.29) is 6.61 Å². The van der Waals surface area contributed by atoms with Gasteiger partial charge in [-0.3, -0.25) is 4.79 Å². The van der Waals surface area contributed by atoms with Gasteiger partial charge >= 0.3 is 17.9 Å². The van der Waals surface area contributed by atoms with Crippen LogP contribution >= 0.6 is 0 Å². The zero-order chi connectivity index (χ0) is 22.1. The molecule has 0 aliphatic heterocycles. The van der Waals surface area contributed by atoms with E-state index in [2.05, 4.69) is 15.0 Å². The molecule has 0 heterocycles. The highest BCUT2D eigenvalue weighted by atomic mass is 16.5. The molecule has 1 unspecified atom stereocenters. The molecule has 0 aliphatic carbocycles. The minimum atomic E-state index is -0.834. The van der Waals surface area contributed by atoms with Gasteiger partial charge in [0.1, 0.15) is 12.1 Å². The SMILES string of the molecule is COC(=O)c1ccc(CC(C)(COC(C)=O)N=Nc2ccc(C(=O)OC)cc2)cc1. The van der Waals surface area contributed by atoms with Crippen LogP contribution in [0.4, 0.5) is 5.69 Å². The summed E-state index contributed by atoms with van der Waals surface area (Å²) in [7, 11) is 2.64. The third-order valence-corrected chi connectivity index (χ3v) is 4.24. The topological polar surface area (TPSA) is 104 Å². The Morgan fingerprint density at radius 2 is 1.37 bits per heavy atom. The number of carbonyl (C=O) groups excluding carboxylic acids is 3. The summed E-state index contributed by atoms with van der Waals surface area (Å²) < 4.78 is 14.6. The number of benzene rings is 2. The van der Waals surface area contributed by atoms with E-state index in [0.29, 0.717) is 23.2 Å². The van der Waals surface area contributed by atoms with Crippen LogP contribution in [0.5, 0.6) is 0 Å². The van der Waals surface area contributed by atoms with E-state index in [1.165, 1.54) is 21.1 Å². The van der Waals surface area contributed by atoms with Crippen molar-refractivity contribution in [3.63, 3.8) is 0 Å². The second-order valence-corrected chi connectivity index (χ2v) is 6.88. The van der Waals surface area contributed by atoms with Crippen LogP contribution in [0.2, 0.25) is 0 Å². The van der Waals surface area contributed by atoms with Crippen molar-refractivity contribution < 1.29 is 28.6 Å². The number of nitrogens with zero attached hydrogens (tertiary/aromatic N) is 2. The van der Waals surface area contributed by atoms with Gasteiger partial charge in [-0.2, -0.15) is 10.2 Å². The Balaban J connectivity index is 2.20. The van der Waals surface area contributed by atoms with Gasteiger partial charge in [-0.1, -0.05) is 12.1 Å². The summed E-state index contributed by atoms with van der Waals surface area (Å²) in [5.41, 5.74) is 1.44. The fourth-order valence-corrected chi connectivity index (χ4v) is 2.65. The highest BCUT2D eigenvalue weighted by Gasteiger charge is 2.27. The Morgan fingerprint density at radius 3 is 1.83 bits per heavy atom. The summed E-state index contributed by atoms with van der Waals surface area (Å²) in [6, 6.07) is 13.4. The van der Waals surface area contributed by atoms with Gasteiger partial charge in [-0.25, -0.2) is 9.59 Å². The summed E-state index contributed by atoms with van der Waals surface area (Å²) in [5, 5.41) is 8.65. The van der Waals surface area contributed by atoms with Gasteiger partial charge in [0.05, 0.1) is 31.0 Å². The molecule has 0 aromatic heterocycles. The van der Waals surface area contributed by atoms with Gasteiger partial charge in [0.15, 0.2) is 0 Å². The molecule has 0 amide bonds. The molecular formula is C22H24N2O6. The molecule has 2 aromatic rings. The van der Waals surface area contributed by atoms with E-state index in [9.17, 15) is 14.4 Å². The second kappa shape index (κ2) is 10.3. The van der Waals surface area contributed by atoms with Gasteiger partial charge in [0, 0.05) is 13.3 Å². The van der Waals surface area contributed by atoms with E-state index in [1.54, 1.807) is 48.5 Å². The van der Waals surface area contributed by atoms with Crippen molar-refractivity contribution in [2.75, 3.05) is 20.8 Å². The molecule has 0 fully saturated rings. The Morgan fingerprint density at radius 1 is 0.867 bits per heavy atom. The molecule has 1 atom stereocenters. The van der Waals surface area contributed by atoms with E-state index >= 15 is 0 Å². The maximum atomic E-state index is 11.6. The molecule has 8 heteroatoms. The van der Waals surface area contributed by atoms with Gasteiger partial charge < -0.3 is 14.2 Å². The molecular weight excluding hydrogens is 388 g/mol. The molecule has 0 saturated heterocycles. The molecule has 0 spiro atoms. The summed E-state index contributed by atoms with van der Waals surface area (Å²) in [4.78, 5) is 34.4. The van der Waals surface area contributed by atoms with E-state index in [4.69, 9.17) is 9.47 Å². The van der Waals surface area contributed by atoms with Gasteiger partial charge in [0.2, 0.25) is 0 Å². The maximum Gasteiger partial charge on any atom is 0.337 e. The maximum absolute atomic E-state index is 11.6. The lowest BCUT2D eigenvalue weighted by molar-refractivity contribution is -0.142. The number of ether oxygens (including phenoxy) is 3. The molecule has 0 radical (unpaired) electrons. The zero-order valence-electron chi connectivity index (χ0n) is 17.4. The lowest BCUT2D eigenvalue weighted by Gasteiger charge is -2.23. The van der Waals surface area contributed by atoms with Crippen LogP contribution in [0.15, 0.2) is 58.8 Å². The number of carbonyl (C=O) groups is 3. The number of methoxy groups -OCH3 is 2. The lowest BCUT2D eigenvalue weighted by atomic mass is 9.94. The average Bonchev–Trinajstić information content (AvgIpc) is 2.76. The molecule has 2 aromatic carbocycles. The van der Waals surface area contributed by atoms with Crippen molar-refractivity contribution in [3.8, 4) is 0 Å². The normalized spacial score (nSPS) is 12.8. The van der Waals surface area contributed by atoms with Crippen LogP contribution in [0, 0.1) is 0 Å². The van der Waals surface area contributed by atoms with Gasteiger partial charge in [-0.05, 0) is 48.9 Å². The quantitative estimate of drug-likeness (QED) is 0.370.